The summed E-state index contributed by atoms with van der Waals surface area (Å²) in [5.41, 5.74) is 1.58. The maximum absolute atomic E-state index is 11.3. The molecule has 1 saturated heterocycles. The van der Waals surface area contributed by atoms with E-state index in [0.717, 1.165) is 17.8 Å². The molecular formula is C16H17NO3S. The van der Waals surface area contributed by atoms with Crippen molar-refractivity contribution in [2.45, 2.75) is 25.2 Å². The molecule has 2 heterocycles. The standard InChI is InChI=1S/C16H17NO3S/c1-11-13(14(18)19)21-15(17-11)16(7-9-20-10-8-16)12-5-3-2-4-6-12/h2-6H,7-10H2,1H3,(H,18,19). The molecule has 5 heteroatoms. The number of benzene rings is 1. The van der Waals surface area contributed by atoms with E-state index in [1.165, 1.54) is 16.9 Å². The molecular weight excluding hydrogens is 286 g/mol. The molecule has 1 aliphatic heterocycles. The molecule has 2 aromatic rings. The van der Waals surface area contributed by atoms with Gasteiger partial charge in [-0.2, -0.15) is 0 Å². The molecule has 0 aliphatic carbocycles. The summed E-state index contributed by atoms with van der Waals surface area (Å²) in [6, 6.07) is 10.2. The second-order valence-electron chi connectivity index (χ2n) is 5.30. The molecule has 3 rings (SSSR count). The van der Waals surface area contributed by atoms with Crippen LogP contribution in [0.3, 0.4) is 0 Å². The molecule has 0 saturated carbocycles. The largest absolute Gasteiger partial charge is 0.477 e. The average Bonchev–Trinajstić information content (AvgIpc) is 2.91. The van der Waals surface area contributed by atoms with E-state index in [1.54, 1.807) is 6.92 Å². The number of hydrogen-bond donors (Lipinski definition) is 1. The van der Waals surface area contributed by atoms with Gasteiger partial charge in [-0.3, -0.25) is 0 Å². The van der Waals surface area contributed by atoms with Crippen LogP contribution in [-0.4, -0.2) is 29.3 Å². The first kappa shape index (κ1) is 14.2. The Hall–Kier alpha value is -1.72. The van der Waals surface area contributed by atoms with Crippen LogP contribution in [0, 0.1) is 6.92 Å². The van der Waals surface area contributed by atoms with Crippen molar-refractivity contribution in [3.05, 3.63) is 51.5 Å². The van der Waals surface area contributed by atoms with Crippen molar-refractivity contribution in [3.63, 3.8) is 0 Å². The number of aryl methyl sites for hydroxylation is 1. The Kier molecular flexibility index (Phi) is 3.78. The average molecular weight is 303 g/mol. The second-order valence-corrected chi connectivity index (χ2v) is 6.30. The molecule has 0 spiro atoms. The highest BCUT2D eigenvalue weighted by atomic mass is 32.1. The van der Waals surface area contributed by atoms with Crippen molar-refractivity contribution in [1.29, 1.82) is 0 Å². The summed E-state index contributed by atoms with van der Waals surface area (Å²) in [7, 11) is 0. The van der Waals surface area contributed by atoms with Gasteiger partial charge >= 0.3 is 5.97 Å². The zero-order valence-electron chi connectivity index (χ0n) is 11.8. The van der Waals surface area contributed by atoms with E-state index < -0.39 is 5.97 Å². The number of carbonyl (C=O) groups is 1. The summed E-state index contributed by atoms with van der Waals surface area (Å²) < 4.78 is 5.51. The third-order valence-electron chi connectivity index (χ3n) is 4.07. The molecule has 0 unspecified atom stereocenters. The predicted octanol–water partition coefficient (Wildman–Crippen LogP) is 3.25. The van der Waals surface area contributed by atoms with E-state index in [4.69, 9.17) is 4.74 Å². The lowest BCUT2D eigenvalue weighted by molar-refractivity contribution is 0.0630. The van der Waals surface area contributed by atoms with Gasteiger partial charge in [-0.1, -0.05) is 30.3 Å². The summed E-state index contributed by atoms with van der Waals surface area (Å²) in [5.74, 6) is -0.897. The minimum absolute atomic E-state index is 0.220. The molecule has 1 fully saturated rings. The first-order valence-corrected chi connectivity index (χ1v) is 7.79. The number of thiazole rings is 1. The van der Waals surface area contributed by atoms with Gasteiger partial charge < -0.3 is 9.84 Å². The molecule has 0 atom stereocenters. The molecule has 1 aliphatic rings. The van der Waals surface area contributed by atoms with Gasteiger partial charge in [-0.25, -0.2) is 9.78 Å². The second kappa shape index (κ2) is 5.58. The summed E-state index contributed by atoms with van der Waals surface area (Å²) in [6.07, 6.45) is 1.67. The Morgan fingerprint density at radius 2 is 1.95 bits per heavy atom. The van der Waals surface area contributed by atoms with Crippen molar-refractivity contribution >= 4 is 17.3 Å². The zero-order valence-corrected chi connectivity index (χ0v) is 12.7. The van der Waals surface area contributed by atoms with Crippen LogP contribution < -0.4 is 0 Å². The maximum Gasteiger partial charge on any atom is 0.347 e. The third-order valence-corrected chi connectivity index (χ3v) is 5.42. The number of carboxylic acid groups (broad SMARTS) is 1. The van der Waals surface area contributed by atoms with Crippen LogP contribution in [-0.2, 0) is 10.2 Å². The van der Waals surface area contributed by atoms with E-state index in [2.05, 4.69) is 17.1 Å². The summed E-state index contributed by atoms with van der Waals surface area (Å²) in [4.78, 5) is 16.2. The van der Waals surface area contributed by atoms with E-state index in [9.17, 15) is 9.90 Å². The lowest BCUT2D eigenvalue weighted by Crippen LogP contribution is -2.34. The van der Waals surface area contributed by atoms with Crippen molar-refractivity contribution < 1.29 is 14.6 Å². The molecule has 1 aromatic carbocycles. The van der Waals surface area contributed by atoms with Gasteiger partial charge in [0.05, 0.1) is 11.1 Å². The Morgan fingerprint density at radius 3 is 2.52 bits per heavy atom. The van der Waals surface area contributed by atoms with Crippen LogP contribution in [0.1, 0.15) is 38.8 Å². The molecule has 4 nitrogen and oxygen atoms in total. The lowest BCUT2D eigenvalue weighted by atomic mass is 9.74. The summed E-state index contributed by atoms with van der Waals surface area (Å²) in [6.45, 7) is 3.12. The highest BCUT2D eigenvalue weighted by molar-refractivity contribution is 7.13. The number of nitrogens with zero attached hydrogens (tertiary/aromatic N) is 1. The molecule has 1 N–H and O–H groups in total. The number of carboxylic acids is 1. The SMILES string of the molecule is Cc1nc(C2(c3ccccc3)CCOCC2)sc1C(=O)O. The van der Waals surface area contributed by atoms with Gasteiger partial charge in [0.25, 0.3) is 0 Å². The maximum atomic E-state index is 11.3. The minimum Gasteiger partial charge on any atom is -0.477 e. The first-order chi connectivity index (χ1) is 10.1. The van der Waals surface area contributed by atoms with Crippen molar-refractivity contribution in [1.82, 2.24) is 4.98 Å². The summed E-state index contributed by atoms with van der Waals surface area (Å²) >= 11 is 1.30. The van der Waals surface area contributed by atoms with Gasteiger partial charge in [0, 0.05) is 13.2 Å². The fraction of sp³-hybridized carbons (Fsp3) is 0.375. The lowest BCUT2D eigenvalue weighted by Gasteiger charge is -2.36. The minimum atomic E-state index is -0.897. The smallest absolute Gasteiger partial charge is 0.347 e. The van der Waals surface area contributed by atoms with Gasteiger partial charge in [0.15, 0.2) is 0 Å². The van der Waals surface area contributed by atoms with Crippen molar-refractivity contribution in [3.8, 4) is 0 Å². The third kappa shape index (κ3) is 2.47. The van der Waals surface area contributed by atoms with Gasteiger partial charge in [0.2, 0.25) is 0 Å². The Morgan fingerprint density at radius 1 is 1.29 bits per heavy atom. The van der Waals surface area contributed by atoms with Gasteiger partial charge in [-0.15, -0.1) is 11.3 Å². The highest BCUT2D eigenvalue weighted by Gasteiger charge is 2.39. The van der Waals surface area contributed by atoms with Crippen molar-refractivity contribution in [2.75, 3.05) is 13.2 Å². The van der Waals surface area contributed by atoms with Crippen LogP contribution in [0.25, 0.3) is 0 Å². The Bertz CT molecular complexity index is 645. The summed E-state index contributed by atoms with van der Waals surface area (Å²) in [5, 5.41) is 10.2. The Labute approximate surface area is 127 Å². The number of rotatable bonds is 3. The molecule has 0 radical (unpaired) electrons. The van der Waals surface area contributed by atoms with E-state index >= 15 is 0 Å². The quantitative estimate of drug-likeness (QED) is 0.945. The number of hydrogen-bond acceptors (Lipinski definition) is 4. The fourth-order valence-corrected chi connectivity index (χ4v) is 4.08. The zero-order chi connectivity index (χ0) is 14.9. The number of ether oxygens (including phenoxy) is 1. The van der Waals surface area contributed by atoms with Crippen molar-refractivity contribution in [2.24, 2.45) is 0 Å². The normalized spacial score (nSPS) is 17.6. The van der Waals surface area contributed by atoms with Crippen LogP contribution in [0.2, 0.25) is 0 Å². The van der Waals surface area contributed by atoms with Crippen LogP contribution in [0.5, 0.6) is 0 Å². The number of aromatic nitrogens is 1. The van der Waals surface area contributed by atoms with Gasteiger partial charge in [-0.05, 0) is 25.3 Å². The topological polar surface area (TPSA) is 59.4 Å². The van der Waals surface area contributed by atoms with E-state index in [1.807, 2.05) is 18.2 Å². The van der Waals surface area contributed by atoms with Crippen LogP contribution >= 0.6 is 11.3 Å². The Balaban J connectivity index is 2.12. The molecule has 1 aromatic heterocycles. The number of aromatic carboxylic acids is 1. The molecule has 0 bridgehead atoms. The van der Waals surface area contributed by atoms with E-state index in [-0.39, 0.29) is 5.41 Å². The molecule has 0 amide bonds. The molecule has 110 valence electrons. The highest BCUT2D eigenvalue weighted by Crippen LogP contribution is 2.43. The molecule has 21 heavy (non-hydrogen) atoms. The van der Waals surface area contributed by atoms with Crippen LogP contribution in [0.15, 0.2) is 30.3 Å². The van der Waals surface area contributed by atoms with Gasteiger partial charge in [0.1, 0.15) is 9.88 Å². The fourth-order valence-electron chi connectivity index (χ4n) is 2.90. The van der Waals surface area contributed by atoms with E-state index in [0.29, 0.717) is 23.8 Å². The monoisotopic (exact) mass is 303 g/mol. The van der Waals surface area contributed by atoms with Crippen LogP contribution in [0.4, 0.5) is 0 Å². The predicted molar refractivity (Wildman–Crippen MR) is 81.1 cm³/mol. The first-order valence-electron chi connectivity index (χ1n) is 6.98.